The van der Waals surface area contributed by atoms with Crippen LogP contribution in [0, 0.1) is 5.92 Å². The van der Waals surface area contributed by atoms with Gasteiger partial charge in [-0.05, 0) is 47.7 Å². The molecule has 0 spiro atoms. The molecule has 2 aromatic rings. The fraction of sp³-hybridized carbons (Fsp3) is 0.417. The second-order valence-corrected chi connectivity index (χ2v) is 8.17. The van der Waals surface area contributed by atoms with E-state index in [0.29, 0.717) is 30.5 Å². The Labute approximate surface area is 184 Å². The van der Waals surface area contributed by atoms with E-state index in [4.69, 9.17) is 16.3 Å². The molecule has 0 aromatic heterocycles. The largest absolute Gasteiger partial charge is 0.497 e. The smallest absolute Gasteiger partial charge is 0.242 e. The van der Waals surface area contributed by atoms with E-state index in [1.807, 2.05) is 57.2 Å². The van der Waals surface area contributed by atoms with Crippen molar-refractivity contribution < 1.29 is 14.3 Å². The Kier molecular flexibility index (Phi) is 9.18. The van der Waals surface area contributed by atoms with Crippen LogP contribution in [0.1, 0.15) is 38.3 Å². The van der Waals surface area contributed by atoms with Crippen molar-refractivity contribution in [3.8, 4) is 5.75 Å². The van der Waals surface area contributed by atoms with E-state index in [1.165, 1.54) is 0 Å². The monoisotopic (exact) mass is 430 g/mol. The number of ether oxygens (including phenoxy) is 1. The van der Waals surface area contributed by atoms with Gasteiger partial charge in [0.25, 0.3) is 0 Å². The lowest BCUT2D eigenvalue weighted by Crippen LogP contribution is -2.50. The molecular weight excluding hydrogens is 400 g/mol. The number of carbonyl (C=O) groups is 2. The summed E-state index contributed by atoms with van der Waals surface area (Å²) >= 11 is 5.96. The van der Waals surface area contributed by atoms with E-state index in [1.54, 1.807) is 24.1 Å². The highest BCUT2D eigenvalue weighted by Gasteiger charge is 2.28. The maximum Gasteiger partial charge on any atom is 0.242 e. The molecular formula is C24H31ClN2O3. The Morgan fingerprint density at radius 3 is 2.17 bits per heavy atom. The third-order valence-corrected chi connectivity index (χ3v) is 5.10. The maximum absolute atomic E-state index is 13.3. The Bertz CT molecular complexity index is 819. The Morgan fingerprint density at radius 2 is 1.63 bits per heavy atom. The molecule has 0 aliphatic rings. The fourth-order valence-electron chi connectivity index (χ4n) is 3.15. The first kappa shape index (κ1) is 23.7. The van der Waals surface area contributed by atoms with Crippen LogP contribution < -0.4 is 10.1 Å². The predicted molar refractivity (Wildman–Crippen MR) is 121 cm³/mol. The zero-order valence-electron chi connectivity index (χ0n) is 18.2. The van der Waals surface area contributed by atoms with Gasteiger partial charge in [0.2, 0.25) is 11.8 Å². The van der Waals surface area contributed by atoms with Gasteiger partial charge >= 0.3 is 0 Å². The molecule has 6 heteroatoms. The highest BCUT2D eigenvalue weighted by molar-refractivity contribution is 6.30. The summed E-state index contributed by atoms with van der Waals surface area (Å²) in [5.74, 6) is 0.870. The van der Waals surface area contributed by atoms with E-state index in [0.717, 1.165) is 16.9 Å². The van der Waals surface area contributed by atoms with Gasteiger partial charge in [-0.1, -0.05) is 56.6 Å². The summed E-state index contributed by atoms with van der Waals surface area (Å²) in [6, 6.07) is 14.2. The van der Waals surface area contributed by atoms with E-state index in [-0.39, 0.29) is 18.2 Å². The molecule has 0 fully saturated rings. The number of halogens is 1. The number of hydrogen-bond acceptors (Lipinski definition) is 3. The van der Waals surface area contributed by atoms with Crippen LogP contribution in [0.2, 0.25) is 5.02 Å². The lowest BCUT2D eigenvalue weighted by Gasteiger charge is -2.31. The lowest BCUT2D eigenvalue weighted by molar-refractivity contribution is -0.141. The summed E-state index contributed by atoms with van der Waals surface area (Å²) in [5, 5.41) is 3.60. The van der Waals surface area contributed by atoms with Gasteiger partial charge in [-0.25, -0.2) is 0 Å². The van der Waals surface area contributed by atoms with Gasteiger partial charge in [0, 0.05) is 18.1 Å². The van der Waals surface area contributed by atoms with E-state index < -0.39 is 6.04 Å². The first-order valence-corrected chi connectivity index (χ1v) is 10.7. The van der Waals surface area contributed by atoms with Crippen molar-refractivity contribution >= 4 is 23.4 Å². The molecule has 5 nitrogen and oxygen atoms in total. The number of amides is 2. The van der Waals surface area contributed by atoms with E-state index >= 15 is 0 Å². The number of nitrogens with one attached hydrogen (secondary N) is 1. The Hall–Kier alpha value is -2.53. The van der Waals surface area contributed by atoms with Crippen LogP contribution in [0.15, 0.2) is 48.5 Å². The summed E-state index contributed by atoms with van der Waals surface area (Å²) in [6.45, 7) is 6.95. The quantitative estimate of drug-likeness (QED) is 0.605. The zero-order valence-corrected chi connectivity index (χ0v) is 18.9. The molecule has 0 saturated heterocycles. The number of rotatable bonds is 10. The topological polar surface area (TPSA) is 58.6 Å². The molecule has 1 atom stereocenters. The zero-order chi connectivity index (χ0) is 22.1. The summed E-state index contributed by atoms with van der Waals surface area (Å²) in [6.07, 6.45) is 0.744. The van der Waals surface area contributed by atoms with Crippen molar-refractivity contribution in [2.75, 3.05) is 13.7 Å². The predicted octanol–water partition coefficient (Wildman–Crippen LogP) is 4.47. The fourth-order valence-corrected chi connectivity index (χ4v) is 3.27. The van der Waals surface area contributed by atoms with Gasteiger partial charge in [-0.3, -0.25) is 9.59 Å². The van der Waals surface area contributed by atoms with Crippen LogP contribution in [0.3, 0.4) is 0 Å². The molecule has 0 aliphatic heterocycles. The molecule has 0 radical (unpaired) electrons. The summed E-state index contributed by atoms with van der Waals surface area (Å²) in [5.41, 5.74) is 1.80. The van der Waals surface area contributed by atoms with Gasteiger partial charge in [0.1, 0.15) is 11.8 Å². The third-order valence-electron chi connectivity index (χ3n) is 4.85. The number of carbonyl (C=O) groups excluding carboxylic acids is 2. The van der Waals surface area contributed by atoms with Crippen molar-refractivity contribution in [2.24, 2.45) is 5.92 Å². The molecule has 2 rings (SSSR count). The number of nitrogens with zero attached hydrogens (tertiary/aromatic N) is 1. The number of benzene rings is 2. The van der Waals surface area contributed by atoms with Gasteiger partial charge in [-0.2, -0.15) is 0 Å². The van der Waals surface area contributed by atoms with Crippen LogP contribution in [0.5, 0.6) is 5.75 Å². The number of hydrogen-bond donors (Lipinski definition) is 1. The molecule has 1 unspecified atom stereocenters. The van der Waals surface area contributed by atoms with Gasteiger partial charge in [0.15, 0.2) is 0 Å². The standard InChI is InChI=1S/C24H31ClN2O3/c1-5-22(24(29)26-15-17(2)3)27(16-19-8-12-21(30-4)13-9-19)23(28)14-18-6-10-20(25)11-7-18/h6-13,17,22H,5,14-16H2,1-4H3,(H,26,29). The van der Waals surface area contributed by atoms with Crippen molar-refractivity contribution in [1.82, 2.24) is 10.2 Å². The lowest BCUT2D eigenvalue weighted by atomic mass is 10.1. The first-order chi connectivity index (χ1) is 14.3. The minimum Gasteiger partial charge on any atom is -0.497 e. The molecule has 162 valence electrons. The SMILES string of the molecule is CCC(C(=O)NCC(C)C)N(Cc1ccc(OC)cc1)C(=O)Cc1ccc(Cl)cc1. The molecule has 2 amide bonds. The van der Waals surface area contributed by atoms with Crippen molar-refractivity contribution in [1.29, 1.82) is 0 Å². The Balaban J connectivity index is 2.25. The van der Waals surface area contributed by atoms with E-state index in [2.05, 4.69) is 5.32 Å². The second-order valence-electron chi connectivity index (χ2n) is 7.74. The van der Waals surface area contributed by atoms with Gasteiger partial charge < -0.3 is 15.0 Å². The van der Waals surface area contributed by atoms with Crippen molar-refractivity contribution in [3.63, 3.8) is 0 Å². The van der Waals surface area contributed by atoms with Crippen LogP contribution in [0.4, 0.5) is 0 Å². The molecule has 0 heterocycles. The minimum atomic E-state index is -0.536. The summed E-state index contributed by atoms with van der Waals surface area (Å²) in [4.78, 5) is 27.8. The van der Waals surface area contributed by atoms with Crippen LogP contribution >= 0.6 is 11.6 Å². The summed E-state index contributed by atoms with van der Waals surface area (Å²) < 4.78 is 5.22. The highest BCUT2D eigenvalue weighted by atomic mass is 35.5. The van der Waals surface area contributed by atoms with Crippen LogP contribution in [-0.4, -0.2) is 36.4 Å². The first-order valence-electron chi connectivity index (χ1n) is 10.3. The molecule has 0 aliphatic carbocycles. The average Bonchev–Trinajstić information content (AvgIpc) is 2.74. The molecule has 0 saturated carbocycles. The highest BCUT2D eigenvalue weighted by Crippen LogP contribution is 2.18. The van der Waals surface area contributed by atoms with Crippen LogP contribution in [-0.2, 0) is 22.6 Å². The minimum absolute atomic E-state index is 0.0975. The van der Waals surface area contributed by atoms with Gasteiger partial charge in [0.05, 0.1) is 13.5 Å². The maximum atomic E-state index is 13.3. The number of methoxy groups -OCH3 is 1. The van der Waals surface area contributed by atoms with E-state index in [9.17, 15) is 9.59 Å². The third kappa shape index (κ3) is 7.06. The normalized spacial score (nSPS) is 11.8. The Morgan fingerprint density at radius 1 is 1.03 bits per heavy atom. The van der Waals surface area contributed by atoms with Gasteiger partial charge in [-0.15, -0.1) is 0 Å². The average molecular weight is 431 g/mol. The van der Waals surface area contributed by atoms with Crippen LogP contribution in [0.25, 0.3) is 0 Å². The summed E-state index contributed by atoms with van der Waals surface area (Å²) in [7, 11) is 1.61. The molecule has 0 bridgehead atoms. The van der Waals surface area contributed by atoms with Crippen molar-refractivity contribution in [3.05, 3.63) is 64.7 Å². The molecule has 2 aromatic carbocycles. The molecule has 1 N–H and O–H groups in total. The van der Waals surface area contributed by atoms with Crippen molar-refractivity contribution in [2.45, 2.75) is 46.2 Å². The second kappa shape index (κ2) is 11.6. The molecule has 30 heavy (non-hydrogen) atoms.